The SMILES string of the molecule is CC1CNc2ccccc2N1CCC(C)(C)C#N. The van der Waals surface area contributed by atoms with Gasteiger partial charge in [-0.25, -0.2) is 0 Å². The smallest absolute Gasteiger partial charge is 0.0684 e. The Hall–Kier alpha value is -1.69. The van der Waals surface area contributed by atoms with Gasteiger partial charge in [0.1, 0.15) is 0 Å². The number of hydrogen-bond acceptors (Lipinski definition) is 3. The molecule has 1 aliphatic heterocycles. The molecule has 0 amide bonds. The van der Waals surface area contributed by atoms with Crippen LogP contribution in [0, 0.1) is 16.7 Å². The predicted octanol–water partition coefficient (Wildman–Crippen LogP) is 3.25. The van der Waals surface area contributed by atoms with Crippen LogP contribution in [0.15, 0.2) is 24.3 Å². The molecule has 3 heteroatoms. The fraction of sp³-hybridized carbons (Fsp3) is 0.533. The Morgan fingerprint density at radius 2 is 2.17 bits per heavy atom. The molecule has 1 unspecified atom stereocenters. The standard InChI is InChI=1S/C15H21N3/c1-12-10-17-13-6-4-5-7-14(13)18(12)9-8-15(2,3)11-16/h4-7,12,17H,8-10H2,1-3H3. The van der Waals surface area contributed by atoms with Gasteiger partial charge in [0.2, 0.25) is 0 Å². The van der Waals surface area contributed by atoms with E-state index < -0.39 is 0 Å². The molecular weight excluding hydrogens is 222 g/mol. The van der Waals surface area contributed by atoms with E-state index in [1.807, 2.05) is 13.8 Å². The summed E-state index contributed by atoms with van der Waals surface area (Å²) in [6, 6.07) is 11.2. The number of nitriles is 1. The van der Waals surface area contributed by atoms with E-state index in [-0.39, 0.29) is 5.41 Å². The summed E-state index contributed by atoms with van der Waals surface area (Å²) in [6.45, 7) is 8.13. The van der Waals surface area contributed by atoms with Crippen LogP contribution in [0.3, 0.4) is 0 Å². The van der Waals surface area contributed by atoms with Gasteiger partial charge in [-0.15, -0.1) is 0 Å². The van der Waals surface area contributed by atoms with Gasteiger partial charge in [-0.3, -0.25) is 0 Å². The summed E-state index contributed by atoms with van der Waals surface area (Å²) in [5.41, 5.74) is 2.20. The highest BCUT2D eigenvalue weighted by Gasteiger charge is 2.25. The third kappa shape index (κ3) is 2.59. The van der Waals surface area contributed by atoms with Crippen molar-refractivity contribution in [1.29, 1.82) is 5.26 Å². The monoisotopic (exact) mass is 243 g/mol. The normalized spacial score (nSPS) is 18.8. The molecule has 1 N–H and O–H groups in total. The van der Waals surface area contributed by atoms with Gasteiger partial charge >= 0.3 is 0 Å². The van der Waals surface area contributed by atoms with E-state index in [4.69, 9.17) is 5.26 Å². The molecular formula is C15H21N3. The molecule has 1 aliphatic rings. The molecule has 0 saturated heterocycles. The highest BCUT2D eigenvalue weighted by molar-refractivity contribution is 5.72. The van der Waals surface area contributed by atoms with E-state index in [2.05, 4.69) is 47.5 Å². The first kappa shape index (κ1) is 12.8. The maximum Gasteiger partial charge on any atom is 0.0684 e. The van der Waals surface area contributed by atoms with Crippen LogP contribution in [0.25, 0.3) is 0 Å². The average molecular weight is 243 g/mol. The van der Waals surface area contributed by atoms with E-state index >= 15 is 0 Å². The molecule has 0 aliphatic carbocycles. The zero-order valence-corrected chi connectivity index (χ0v) is 11.4. The Bertz CT molecular complexity index is 459. The second kappa shape index (κ2) is 4.89. The maximum atomic E-state index is 9.10. The third-order valence-corrected chi connectivity index (χ3v) is 3.61. The summed E-state index contributed by atoms with van der Waals surface area (Å²) < 4.78 is 0. The molecule has 0 radical (unpaired) electrons. The summed E-state index contributed by atoms with van der Waals surface area (Å²) >= 11 is 0. The first-order chi connectivity index (χ1) is 8.53. The van der Waals surface area contributed by atoms with Gasteiger partial charge < -0.3 is 10.2 Å². The van der Waals surface area contributed by atoms with E-state index in [0.29, 0.717) is 6.04 Å². The van der Waals surface area contributed by atoms with Crippen molar-refractivity contribution in [3.8, 4) is 6.07 Å². The van der Waals surface area contributed by atoms with Gasteiger partial charge in [0, 0.05) is 19.1 Å². The van der Waals surface area contributed by atoms with Crippen LogP contribution in [0.2, 0.25) is 0 Å². The topological polar surface area (TPSA) is 39.1 Å². The molecule has 96 valence electrons. The van der Waals surface area contributed by atoms with Crippen LogP contribution in [-0.2, 0) is 0 Å². The van der Waals surface area contributed by atoms with Crippen LogP contribution in [-0.4, -0.2) is 19.1 Å². The van der Waals surface area contributed by atoms with Crippen LogP contribution < -0.4 is 10.2 Å². The number of benzene rings is 1. The maximum absolute atomic E-state index is 9.10. The van der Waals surface area contributed by atoms with Crippen LogP contribution >= 0.6 is 0 Å². The second-order valence-electron chi connectivity index (χ2n) is 5.69. The van der Waals surface area contributed by atoms with Crippen molar-refractivity contribution < 1.29 is 0 Å². The Labute approximate surface area is 109 Å². The highest BCUT2D eigenvalue weighted by atomic mass is 15.2. The molecule has 0 bridgehead atoms. The first-order valence-electron chi connectivity index (χ1n) is 6.54. The van der Waals surface area contributed by atoms with Gasteiger partial charge in [-0.05, 0) is 39.3 Å². The zero-order chi connectivity index (χ0) is 13.2. The van der Waals surface area contributed by atoms with Crippen molar-refractivity contribution in [2.45, 2.75) is 33.2 Å². The van der Waals surface area contributed by atoms with E-state index in [1.54, 1.807) is 0 Å². The molecule has 0 aromatic heterocycles. The van der Waals surface area contributed by atoms with E-state index in [1.165, 1.54) is 11.4 Å². The molecule has 2 rings (SSSR count). The van der Waals surface area contributed by atoms with Crippen LogP contribution in [0.4, 0.5) is 11.4 Å². The first-order valence-corrected chi connectivity index (χ1v) is 6.54. The molecule has 0 spiro atoms. The molecule has 1 aromatic carbocycles. The van der Waals surface area contributed by atoms with Gasteiger partial charge in [-0.2, -0.15) is 5.26 Å². The number of hydrogen-bond donors (Lipinski definition) is 1. The van der Waals surface area contributed by atoms with Gasteiger partial charge in [0.25, 0.3) is 0 Å². The van der Waals surface area contributed by atoms with Crippen LogP contribution in [0.5, 0.6) is 0 Å². The summed E-state index contributed by atoms with van der Waals surface area (Å²) in [7, 11) is 0. The molecule has 1 atom stereocenters. The number of para-hydroxylation sites is 2. The number of rotatable bonds is 3. The summed E-state index contributed by atoms with van der Waals surface area (Å²) in [4.78, 5) is 2.41. The van der Waals surface area contributed by atoms with Crippen molar-refractivity contribution in [3.63, 3.8) is 0 Å². The van der Waals surface area contributed by atoms with Gasteiger partial charge in [0.15, 0.2) is 0 Å². The van der Waals surface area contributed by atoms with Gasteiger partial charge in [0.05, 0.1) is 22.9 Å². The van der Waals surface area contributed by atoms with Crippen molar-refractivity contribution in [1.82, 2.24) is 0 Å². The lowest BCUT2D eigenvalue weighted by Gasteiger charge is -2.38. The fourth-order valence-electron chi connectivity index (χ4n) is 2.28. The second-order valence-corrected chi connectivity index (χ2v) is 5.69. The summed E-state index contributed by atoms with van der Waals surface area (Å²) in [6.07, 6.45) is 0.891. The summed E-state index contributed by atoms with van der Waals surface area (Å²) in [5, 5.41) is 12.6. The molecule has 0 saturated carbocycles. The number of fused-ring (bicyclic) bond motifs is 1. The predicted molar refractivity (Wildman–Crippen MR) is 75.8 cm³/mol. The largest absolute Gasteiger partial charge is 0.381 e. The lowest BCUT2D eigenvalue weighted by atomic mass is 9.91. The fourth-order valence-corrected chi connectivity index (χ4v) is 2.28. The number of nitrogens with one attached hydrogen (secondary N) is 1. The minimum absolute atomic E-state index is 0.250. The molecule has 1 heterocycles. The quantitative estimate of drug-likeness (QED) is 0.885. The third-order valence-electron chi connectivity index (χ3n) is 3.61. The molecule has 3 nitrogen and oxygen atoms in total. The van der Waals surface area contributed by atoms with E-state index in [0.717, 1.165) is 19.5 Å². The zero-order valence-electron chi connectivity index (χ0n) is 11.4. The lowest BCUT2D eigenvalue weighted by molar-refractivity contribution is 0.440. The van der Waals surface area contributed by atoms with Crippen LogP contribution in [0.1, 0.15) is 27.2 Å². The van der Waals surface area contributed by atoms with Crippen molar-refractivity contribution in [2.24, 2.45) is 5.41 Å². The van der Waals surface area contributed by atoms with Crippen molar-refractivity contribution in [2.75, 3.05) is 23.3 Å². The lowest BCUT2D eigenvalue weighted by Crippen LogP contribution is -2.43. The van der Waals surface area contributed by atoms with Crippen molar-refractivity contribution >= 4 is 11.4 Å². The highest BCUT2D eigenvalue weighted by Crippen LogP contribution is 2.32. The van der Waals surface area contributed by atoms with E-state index in [9.17, 15) is 0 Å². The Balaban J connectivity index is 2.15. The molecule has 0 fully saturated rings. The minimum atomic E-state index is -0.250. The minimum Gasteiger partial charge on any atom is -0.381 e. The Morgan fingerprint density at radius 1 is 1.44 bits per heavy atom. The number of nitrogens with zero attached hydrogens (tertiary/aromatic N) is 2. The van der Waals surface area contributed by atoms with Gasteiger partial charge in [-0.1, -0.05) is 12.1 Å². The van der Waals surface area contributed by atoms with Crippen molar-refractivity contribution in [3.05, 3.63) is 24.3 Å². The Kier molecular flexibility index (Phi) is 3.47. The number of anilines is 2. The molecule has 18 heavy (non-hydrogen) atoms. The Morgan fingerprint density at radius 3 is 2.89 bits per heavy atom. The average Bonchev–Trinajstić information content (AvgIpc) is 2.37. The molecule has 1 aromatic rings. The summed E-state index contributed by atoms with van der Waals surface area (Å²) in [5.74, 6) is 0.